The Morgan fingerprint density at radius 1 is 0.974 bits per heavy atom. The average Bonchev–Trinajstić information content (AvgIpc) is 2.92. The summed E-state index contributed by atoms with van der Waals surface area (Å²) in [6.07, 6.45) is -0.617. The van der Waals surface area contributed by atoms with Crippen molar-refractivity contribution in [1.82, 2.24) is 10.2 Å². The molecule has 8 nitrogen and oxygen atoms in total. The number of ether oxygens (including phenoxy) is 3. The third kappa shape index (κ3) is 6.15. The van der Waals surface area contributed by atoms with Gasteiger partial charge in [-0.2, -0.15) is 0 Å². The van der Waals surface area contributed by atoms with E-state index < -0.39 is 18.1 Å². The van der Waals surface area contributed by atoms with Crippen LogP contribution < -0.4 is 10.1 Å². The SMILES string of the molecule is CN1CC2COCC(C1)C2OC(=O)NC(c1ccccc1)c1cccc(OCc2ccc(C(=O)O)cc2)c1. The number of likely N-dealkylation sites (tertiary alicyclic amines) is 1. The van der Waals surface area contributed by atoms with Gasteiger partial charge in [-0.3, -0.25) is 0 Å². The van der Waals surface area contributed by atoms with Gasteiger partial charge in [-0.05, 0) is 48.0 Å². The number of carbonyl (C=O) groups is 2. The van der Waals surface area contributed by atoms with Crippen molar-refractivity contribution in [2.24, 2.45) is 11.8 Å². The summed E-state index contributed by atoms with van der Waals surface area (Å²) >= 11 is 0. The predicted octanol–water partition coefficient (Wildman–Crippen LogP) is 4.36. The third-order valence-electron chi connectivity index (χ3n) is 7.12. The third-order valence-corrected chi connectivity index (χ3v) is 7.12. The molecule has 5 rings (SSSR count). The van der Waals surface area contributed by atoms with Crippen molar-refractivity contribution in [3.05, 3.63) is 101 Å². The fourth-order valence-electron chi connectivity index (χ4n) is 5.30. The van der Waals surface area contributed by atoms with Gasteiger partial charge < -0.3 is 29.5 Å². The second kappa shape index (κ2) is 11.7. The summed E-state index contributed by atoms with van der Waals surface area (Å²) in [5.41, 5.74) is 2.88. The van der Waals surface area contributed by atoms with Crippen molar-refractivity contribution in [3.8, 4) is 5.75 Å². The van der Waals surface area contributed by atoms with E-state index in [1.807, 2.05) is 54.6 Å². The van der Waals surface area contributed by atoms with Gasteiger partial charge in [0.05, 0.1) is 24.8 Å². The highest BCUT2D eigenvalue weighted by Crippen LogP contribution is 2.31. The highest BCUT2D eigenvalue weighted by molar-refractivity contribution is 5.87. The Kier molecular flexibility index (Phi) is 7.91. The van der Waals surface area contributed by atoms with Gasteiger partial charge >= 0.3 is 12.1 Å². The van der Waals surface area contributed by atoms with Gasteiger partial charge in [0, 0.05) is 24.9 Å². The molecule has 38 heavy (non-hydrogen) atoms. The zero-order valence-electron chi connectivity index (χ0n) is 21.3. The molecule has 0 saturated carbocycles. The molecule has 3 unspecified atom stereocenters. The van der Waals surface area contributed by atoms with Crippen molar-refractivity contribution in [1.29, 1.82) is 0 Å². The maximum Gasteiger partial charge on any atom is 0.408 e. The number of nitrogens with one attached hydrogen (secondary N) is 1. The summed E-state index contributed by atoms with van der Waals surface area (Å²) in [7, 11) is 2.09. The molecule has 2 N–H and O–H groups in total. The summed E-state index contributed by atoms with van der Waals surface area (Å²) in [5, 5.41) is 12.2. The van der Waals surface area contributed by atoms with Crippen molar-refractivity contribution in [2.75, 3.05) is 33.4 Å². The van der Waals surface area contributed by atoms with Gasteiger partial charge in [0.2, 0.25) is 0 Å². The molecule has 3 atom stereocenters. The van der Waals surface area contributed by atoms with E-state index in [-0.39, 0.29) is 30.1 Å². The molecule has 0 radical (unpaired) electrons. The van der Waals surface area contributed by atoms with Crippen molar-refractivity contribution in [2.45, 2.75) is 18.8 Å². The van der Waals surface area contributed by atoms with Gasteiger partial charge in [0.25, 0.3) is 0 Å². The molecule has 2 aliphatic heterocycles. The number of hydrogen-bond acceptors (Lipinski definition) is 6. The highest BCUT2D eigenvalue weighted by Gasteiger charge is 2.42. The number of nitrogens with zero attached hydrogens (tertiary/aromatic N) is 1. The number of amides is 1. The Morgan fingerprint density at radius 3 is 2.34 bits per heavy atom. The molecule has 3 aromatic carbocycles. The Bertz CT molecular complexity index is 1240. The van der Waals surface area contributed by atoms with Crippen LogP contribution in [0.1, 0.15) is 33.1 Å². The molecular formula is C30H32N2O6. The molecule has 0 aromatic heterocycles. The fraction of sp³-hybridized carbons (Fsp3) is 0.333. The van der Waals surface area contributed by atoms with E-state index in [4.69, 9.17) is 19.3 Å². The zero-order valence-corrected chi connectivity index (χ0v) is 21.3. The van der Waals surface area contributed by atoms with E-state index in [1.54, 1.807) is 24.3 Å². The van der Waals surface area contributed by atoms with Crippen LogP contribution in [0.2, 0.25) is 0 Å². The zero-order chi connectivity index (χ0) is 26.5. The number of carbonyl (C=O) groups excluding carboxylic acids is 1. The molecule has 1 amide bonds. The topological polar surface area (TPSA) is 97.3 Å². The minimum Gasteiger partial charge on any atom is -0.489 e. The lowest BCUT2D eigenvalue weighted by molar-refractivity contribution is -0.121. The van der Waals surface area contributed by atoms with E-state index in [2.05, 4.69) is 17.3 Å². The van der Waals surface area contributed by atoms with Gasteiger partial charge in [-0.15, -0.1) is 0 Å². The van der Waals surface area contributed by atoms with Gasteiger partial charge in [0.1, 0.15) is 18.5 Å². The predicted molar refractivity (Wildman–Crippen MR) is 141 cm³/mol. The maximum absolute atomic E-state index is 13.2. The van der Waals surface area contributed by atoms with E-state index in [0.29, 0.717) is 19.0 Å². The normalized spacial score (nSPS) is 21.8. The second-order valence-corrected chi connectivity index (χ2v) is 10.0. The van der Waals surface area contributed by atoms with E-state index >= 15 is 0 Å². The minimum absolute atomic E-state index is 0.162. The molecular weight excluding hydrogens is 484 g/mol. The fourth-order valence-corrected chi connectivity index (χ4v) is 5.30. The number of alkyl carbamates (subject to hydrolysis) is 1. The van der Waals surface area contributed by atoms with Crippen LogP contribution in [-0.2, 0) is 16.1 Å². The lowest BCUT2D eigenvalue weighted by atomic mass is 9.85. The first-order chi connectivity index (χ1) is 18.5. The van der Waals surface area contributed by atoms with Crippen LogP contribution >= 0.6 is 0 Å². The number of aromatic carboxylic acids is 1. The number of hydrogen-bond donors (Lipinski definition) is 2. The van der Waals surface area contributed by atoms with E-state index in [1.165, 1.54) is 0 Å². The van der Waals surface area contributed by atoms with Crippen LogP contribution in [0.25, 0.3) is 0 Å². The monoisotopic (exact) mass is 516 g/mol. The molecule has 2 bridgehead atoms. The number of carboxylic acid groups (broad SMARTS) is 1. The summed E-state index contributed by atoms with van der Waals surface area (Å²) in [6.45, 7) is 3.17. The second-order valence-electron chi connectivity index (χ2n) is 10.0. The van der Waals surface area contributed by atoms with Crippen LogP contribution in [0.3, 0.4) is 0 Å². The maximum atomic E-state index is 13.2. The smallest absolute Gasteiger partial charge is 0.408 e. The summed E-state index contributed by atoms with van der Waals surface area (Å²) in [6, 6.07) is 23.5. The Morgan fingerprint density at radius 2 is 1.66 bits per heavy atom. The Balaban J connectivity index is 1.30. The standard InChI is InChI=1S/C30H32N2O6/c1-32-15-24-18-36-19-25(16-32)28(24)38-30(35)31-27(21-6-3-2-4-7-21)23-8-5-9-26(14-23)37-17-20-10-12-22(13-11-20)29(33)34/h2-14,24-25,27-28H,15-19H2,1H3,(H,31,35)(H,33,34). The van der Waals surface area contributed by atoms with Crippen molar-refractivity contribution in [3.63, 3.8) is 0 Å². The quantitative estimate of drug-likeness (QED) is 0.459. The van der Waals surface area contributed by atoms with Gasteiger partial charge in [0.15, 0.2) is 0 Å². The van der Waals surface area contributed by atoms with E-state index in [9.17, 15) is 9.59 Å². The van der Waals surface area contributed by atoms with E-state index in [0.717, 1.165) is 29.8 Å². The summed E-state index contributed by atoms with van der Waals surface area (Å²) < 4.78 is 17.7. The molecule has 198 valence electrons. The van der Waals surface area contributed by atoms with Gasteiger partial charge in [-0.25, -0.2) is 9.59 Å². The number of fused-ring (bicyclic) bond motifs is 2. The van der Waals surface area contributed by atoms with Crippen LogP contribution in [0.15, 0.2) is 78.9 Å². The average molecular weight is 517 g/mol. The number of piperidine rings is 1. The van der Waals surface area contributed by atoms with Crippen LogP contribution in [0, 0.1) is 11.8 Å². The van der Waals surface area contributed by atoms with Crippen molar-refractivity contribution < 1.29 is 28.9 Å². The molecule has 2 saturated heterocycles. The Hall–Kier alpha value is -3.88. The molecule has 2 heterocycles. The molecule has 0 aliphatic carbocycles. The van der Waals surface area contributed by atoms with Crippen LogP contribution in [0.5, 0.6) is 5.75 Å². The number of benzene rings is 3. The molecule has 2 aliphatic rings. The lowest BCUT2D eigenvalue weighted by Crippen LogP contribution is -2.56. The number of rotatable bonds is 8. The molecule has 0 spiro atoms. The summed E-state index contributed by atoms with van der Waals surface area (Å²) in [5.74, 6) is 0.00265. The summed E-state index contributed by atoms with van der Waals surface area (Å²) in [4.78, 5) is 26.5. The van der Waals surface area contributed by atoms with Gasteiger partial charge in [-0.1, -0.05) is 54.6 Å². The first-order valence-corrected chi connectivity index (χ1v) is 12.8. The molecule has 3 aromatic rings. The first kappa shape index (κ1) is 25.8. The van der Waals surface area contributed by atoms with Crippen LogP contribution in [0.4, 0.5) is 4.79 Å². The molecule has 2 fully saturated rings. The first-order valence-electron chi connectivity index (χ1n) is 12.8. The highest BCUT2D eigenvalue weighted by atomic mass is 16.6. The Labute approximate surface area is 222 Å². The number of carboxylic acids is 1. The largest absolute Gasteiger partial charge is 0.489 e. The van der Waals surface area contributed by atoms with Crippen molar-refractivity contribution >= 4 is 12.1 Å². The van der Waals surface area contributed by atoms with Crippen LogP contribution in [-0.4, -0.2) is 61.5 Å². The molecule has 8 heteroatoms. The minimum atomic E-state index is -0.962. The lowest BCUT2D eigenvalue weighted by Gasteiger charge is -2.45.